The molecule has 116 valence electrons. The van der Waals surface area contributed by atoms with E-state index in [1.807, 2.05) is 0 Å². The Hall–Kier alpha value is -1.25. The van der Waals surface area contributed by atoms with Crippen LogP contribution in [0, 0.1) is 0 Å². The summed E-state index contributed by atoms with van der Waals surface area (Å²) < 4.78 is 31.6. The van der Waals surface area contributed by atoms with Crippen LogP contribution in [-0.4, -0.2) is 55.5 Å². The summed E-state index contributed by atoms with van der Waals surface area (Å²) in [6, 6.07) is 3.93. The molecule has 1 aliphatic rings. The molecule has 8 heteroatoms. The van der Waals surface area contributed by atoms with Crippen molar-refractivity contribution in [1.29, 1.82) is 0 Å². The highest BCUT2D eigenvalue weighted by atomic mass is 32.2. The molecule has 6 nitrogen and oxygen atoms in total. The zero-order valence-corrected chi connectivity index (χ0v) is 13.2. The number of carbonyl (C=O) groups is 1. The summed E-state index contributed by atoms with van der Waals surface area (Å²) >= 11 is 1.72. The SMILES string of the molecule is COc1ccc(S(=O)(=O)N2CCCSCC2)cc1C(=O)O. The fraction of sp³-hybridized carbons (Fsp3) is 0.462. The van der Waals surface area contributed by atoms with Gasteiger partial charge in [-0.2, -0.15) is 16.1 Å². The van der Waals surface area contributed by atoms with E-state index in [0.717, 1.165) is 24.0 Å². The highest BCUT2D eigenvalue weighted by Crippen LogP contribution is 2.25. The van der Waals surface area contributed by atoms with Crippen LogP contribution < -0.4 is 4.74 Å². The smallest absolute Gasteiger partial charge is 0.339 e. The lowest BCUT2D eigenvalue weighted by Gasteiger charge is -2.20. The molecular weight excluding hydrogens is 314 g/mol. The van der Waals surface area contributed by atoms with Crippen molar-refractivity contribution in [2.45, 2.75) is 11.3 Å². The summed E-state index contributed by atoms with van der Waals surface area (Å²) in [5.41, 5.74) is -0.150. The highest BCUT2D eigenvalue weighted by Gasteiger charge is 2.27. The molecule has 1 aromatic rings. The number of methoxy groups -OCH3 is 1. The van der Waals surface area contributed by atoms with Crippen LogP contribution in [0.3, 0.4) is 0 Å². The summed E-state index contributed by atoms with van der Waals surface area (Å²) in [4.78, 5) is 11.2. The van der Waals surface area contributed by atoms with Crippen LogP contribution in [0.1, 0.15) is 16.8 Å². The second-order valence-corrected chi connectivity index (χ2v) is 7.70. The number of nitrogens with zero attached hydrogens (tertiary/aromatic N) is 1. The van der Waals surface area contributed by atoms with Gasteiger partial charge in [-0.15, -0.1) is 0 Å². The minimum atomic E-state index is -3.67. The fourth-order valence-corrected chi connectivity index (χ4v) is 4.64. The fourth-order valence-electron chi connectivity index (χ4n) is 2.13. The molecule has 2 rings (SSSR count). The van der Waals surface area contributed by atoms with E-state index in [0.29, 0.717) is 13.1 Å². The third kappa shape index (κ3) is 3.50. The van der Waals surface area contributed by atoms with E-state index in [1.54, 1.807) is 11.8 Å². The molecule has 0 radical (unpaired) electrons. The van der Waals surface area contributed by atoms with Crippen LogP contribution in [0.4, 0.5) is 0 Å². The molecule has 0 spiro atoms. The van der Waals surface area contributed by atoms with Crippen LogP contribution in [0.5, 0.6) is 5.75 Å². The summed E-state index contributed by atoms with van der Waals surface area (Å²) in [7, 11) is -2.32. The standard InChI is InChI=1S/C13H17NO5S2/c1-19-12-4-3-10(9-11(12)13(15)16)21(17,18)14-5-2-7-20-8-6-14/h3-4,9H,2,5-8H2,1H3,(H,15,16). The molecule has 0 aromatic heterocycles. The van der Waals surface area contributed by atoms with Crippen LogP contribution in [0.2, 0.25) is 0 Å². The highest BCUT2D eigenvalue weighted by molar-refractivity contribution is 7.99. The van der Waals surface area contributed by atoms with Crippen molar-refractivity contribution in [3.8, 4) is 5.75 Å². The Balaban J connectivity index is 2.39. The van der Waals surface area contributed by atoms with Crippen molar-refractivity contribution >= 4 is 27.8 Å². The minimum absolute atomic E-state index is 0.00685. The van der Waals surface area contributed by atoms with Crippen molar-refractivity contribution in [2.75, 3.05) is 31.7 Å². The van der Waals surface area contributed by atoms with Gasteiger partial charge in [-0.25, -0.2) is 13.2 Å². The number of thioether (sulfide) groups is 1. The van der Waals surface area contributed by atoms with Crippen LogP contribution >= 0.6 is 11.8 Å². The van der Waals surface area contributed by atoms with E-state index in [4.69, 9.17) is 9.84 Å². The van der Waals surface area contributed by atoms with Gasteiger partial charge in [0.05, 0.1) is 12.0 Å². The van der Waals surface area contributed by atoms with Gasteiger partial charge in [-0.3, -0.25) is 0 Å². The molecule has 1 aromatic carbocycles. The monoisotopic (exact) mass is 331 g/mol. The van der Waals surface area contributed by atoms with Gasteiger partial charge in [0.1, 0.15) is 11.3 Å². The Kier molecular flexibility index (Phi) is 5.13. The summed E-state index contributed by atoms with van der Waals surface area (Å²) in [5.74, 6) is 0.624. The largest absolute Gasteiger partial charge is 0.496 e. The number of sulfonamides is 1. The number of rotatable bonds is 4. The van der Waals surface area contributed by atoms with Gasteiger partial charge in [0, 0.05) is 18.8 Å². The van der Waals surface area contributed by atoms with Crippen LogP contribution in [-0.2, 0) is 10.0 Å². The van der Waals surface area contributed by atoms with Crippen molar-refractivity contribution < 1.29 is 23.1 Å². The molecule has 1 aliphatic heterocycles. The van der Waals surface area contributed by atoms with Crippen molar-refractivity contribution in [2.24, 2.45) is 0 Å². The Morgan fingerprint density at radius 3 is 2.76 bits per heavy atom. The quantitative estimate of drug-likeness (QED) is 0.900. The minimum Gasteiger partial charge on any atom is -0.496 e. The second-order valence-electron chi connectivity index (χ2n) is 4.54. The van der Waals surface area contributed by atoms with Gasteiger partial charge in [0.25, 0.3) is 0 Å². The molecular formula is C13H17NO5S2. The molecule has 0 amide bonds. The lowest BCUT2D eigenvalue weighted by molar-refractivity contribution is 0.0693. The molecule has 1 saturated heterocycles. The summed E-state index contributed by atoms with van der Waals surface area (Å²) in [6.07, 6.45) is 0.797. The number of benzene rings is 1. The van der Waals surface area contributed by atoms with Gasteiger partial charge in [0.2, 0.25) is 10.0 Å². The van der Waals surface area contributed by atoms with Gasteiger partial charge in [-0.05, 0) is 30.4 Å². The second kappa shape index (κ2) is 6.67. The van der Waals surface area contributed by atoms with Gasteiger partial charge < -0.3 is 9.84 Å². The van der Waals surface area contributed by atoms with Gasteiger partial charge in [-0.1, -0.05) is 0 Å². The Bertz CT molecular complexity index is 621. The first kappa shape index (κ1) is 16.1. The number of carboxylic acids is 1. The number of aromatic carboxylic acids is 1. The van der Waals surface area contributed by atoms with E-state index in [9.17, 15) is 13.2 Å². The van der Waals surface area contributed by atoms with Gasteiger partial charge in [0.15, 0.2) is 0 Å². The molecule has 0 saturated carbocycles. The maximum atomic E-state index is 12.6. The molecule has 0 bridgehead atoms. The third-order valence-electron chi connectivity index (χ3n) is 3.22. The first-order chi connectivity index (χ1) is 9.96. The molecule has 0 unspecified atom stereocenters. The van der Waals surface area contributed by atoms with Crippen molar-refractivity contribution in [1.82, 2.24) is 4.31 Å². The molecule has 1 heterocycles. The predicted molar refractivity (Wildman–Crippen MR) is 80.7 cm³/mol. The first-order valence-corrected chi connectivity index (χ1v) is 9.05. The van der Waals surface area contributed by atoms with Crippen molar-refractivity contribution in [3.63, 3.8) is 0 Å². The zero-order valence-electron chi connectivity index (χ0n) is 11.6. The predicted octanol–water partition coefficient (Wildman–Crippen LogP) is 1.52. The maximum absolute atomic E-state index is 12.6. The average molecular weight is 331 g/mol. The Labute approximate surface area is 128 Å². The summed E-state index contributed by atoms with van der Waals surface area (Å²) in [6.45, 7) is 0.908. The lowest BCUT2D eigenvalue weighted by atomic mass is 10.2. The van der Waals surface area contributed by atoms with E-state index < -0.39 is 16.0 Å². The van der Waals surface area contributed by atoms with Crippen molar-refractivity contribution in [3.05, 3.63) is 23.8 Å². The number of ether oxygens (including phenoxy) is 1. The van der Waals surface area contributed by atoms with Gasteiger partial charge >= 0.3 is 5.97 Å². The molecule has 0 aliphatic carbocycles. The van der Waals surface area contributed by atoms with E-state index >= 15 is 0 Å². The number of hydrogen-bond donors (Lipinski definition) is 1. The Morgan fingerprint density at radius 1 is 1.33 bits per heavy atom. The van der Waals surface area contributed by atoms with E-state index in [-0.39, 0.29) is 16.2 Å². The van der Waals surface area contributed by atoms with Crippen LogP contribution in [0.15, 0.2) is 23.1 Å². The average Bonchev–Trinajstić information content (AvgIpc) is 2.76. The third-order valence-corrected chi connectivity index (χ3v) is 6.16. The Morgan fingerprint density at radius 2 is 2.10 bits per heavy atom. The molecule has 0 atom stereocenters. The lowest BCUT2D eigenvalue weighted by Crippen LogP contribution is -2.33. The number of carboxylic acid groups (broad SMARTS) is 1. The zero-order chi connectivity index (χ0) is 15.5. The van der Waals surface area contributed by atoms with E-state index in [2.05, 4.69) is 0 Å². The normalized spacial score (nSPS) is 17.2. The summed E-state index contributed by atoms with van der Waals surface area (Å²) in [5, 5.41) is 9.15. The molecule has 1 N–H and O–H groups in total. The van der Waals surface area contributed by atoms with E-state index in [1.165, 1.54) is 23.5 Å². The maximum Gasteiger partial charge on any atom is 0.339 e. The molecule has 21 heavy (non-hydrogen) atoms. The topological polar surface area (TPSA) is 83.9 Å². The first-order valence-electron chi connectivity index (χ1n) is 6.46. The number of hydrogen-bond acceptors (Lipinski definition) is 5. The van der Waals surface area contributed by atoms with Crippen LogP contribution in [0.25, 0.3) is 0 Å². The molecule has 1 fully saturated rings.